The number of benzene rings is 2. The lowest BCUT2D eigenvalue weighted by molar-refractivity contribution is 0.197. The van der Waals surface area contributed by atoms with E-state index in [2.05, 4.69) is 89.0 Å². The number of aryl methyl sites for hydroxylation is 4. The first-order valence-corrected chi connectivity index (χ1v) is 12.9. The van der Waals surface area contributed by atoms with Crippen LogP contribution in [0.15, 0.2) is 42.5 Å². The summed E-state index contributed by atoms with van der Waals surface area (Å²) in [5.74, 6) is 1.51. The normalized spacial score (nSPS) is 15.6. The molecule has 4 heteroatoms. The Morgan fingerprint density at radius 3 is 2.38 bits per heavy atom. The van der Waals surface area contributed by atoms with Crippen LogP contribution in [0.25, 0.3) is 11.4 Å². The van der Waals surface area contributed by atoms with Crippen molar-refractivity contribution < 1.29 is 4.74 Å². The zero-order chi connectivity index (χ0) is 24.2. The van der Waals surface area contributed by atoms with Gasteiger partial charge < -0.3 is 4.74 Å². The molecule has 180 valence electrons. The third-order valence-corrected chi connectivity index (χ3v) is 7.02. The molecule has 0 N–H and O–H groups in total. The molecule has 0 radical (unpaired) electrons. The summed E-state index contributed by atoms with van der Waals surface area (Å²) in [7, 11) is 2.22. The van der Waals surface area contributed by atoms with Crippen LogP contribution in [-0.2, 0) is 25.8 Å². The zero-order valence-corrected chi connectivity index (χ0v) is 21.7. The van der Waals surface area contributed by atoms with E-state index >= 15 is 0 Å². The van der Waals surface area contributed by atoms with Crippen molar-refractivity contribution in [1.82, 2.24) is 14.9 Å². The van der Waals surface area contributed by atoms with Gasteiger partial charge in [-0.25, -0.2) is 4.98 Å². The minimum Gasteiger partial charge on any atom is -0.475 e. The van der Waals surface area contributed by atoms with Gasteiger partial charge in [0.15, 0.2) is 5.82 Å². The van der Waals surface area contributed by atoms with Crippen LogP contribution in [0, 0.1) is 6.92 Å². The predicted molar refractivity (Wildman–Crippen MR) is 140 cm³/mol. The van der Waals surface area contributed by atoms with Crippen LogP contribution >= 0.6 is 0 Å². The largest absolute Gasteiger partial charge is 0.475 e. The minimum atomic E-state index is 0.0497. The quantitative estimate of drug-likeness (QED) is 0.370. The van der Waals surface area contributed by atoms with Crippen LogP contribution < -0.4 is 4.74 Å². The molecule has 1 aliphatic carbocycles. The van der Waals surface area contributed by atoms with Crippen molar-refractivity contribution in [2.24, 2.45) is 0 Å². The Kier molecular flexibility index (Phi) is 7.67. The molecule has 0 amide bonds. The van der Waals surface area contributed by atoms with Gasteiger partial charge in [0.1, 0.15) is 0 Å². The third-order valence-electron chi connectivity index (χ3n) is 7.02. The SMILES string of the molecule is CCc1cccc(CC)c1-c1nc(C)c(CN(C)C2CCCc3ccccc32)c(OC(C)C)n1. The van der Waals surface area contributed by atoms with Gasteiger partial charge >= 0.3 is 0 Å². The number of rotatable bonds is 8. The monoisotopic (exact) mass is 457 g/mol. The van der Waals surface area contributed by atoms with Gasteiger partial charge in [-0.2, -0.15) is 4.98 Å². The smallest absolute Gasteiger partial charge is 0.222 e. The van der Waals surface area contributed by atoms with Crippen molar-refractivity contribution in [3.05, 3.63) is 76.0 Å². The molecule has 1 unspecified atom stereocenters. The van der Waals surface area contributed by atoms with E-state index in [4.69, 9.17) is 14.7 Å². The summed E-state index contributed by atoms with van der Waals surface area (Å²) >= 11 is 0. The predicted octanol–water partition coefficient (Wildman–Crippen LogP) is 6.87. The Hall–Kier alpha value is -2.72. The summed E-state index contributed by atoms with van der Waals surface area (Å²) in [4.78, 5) is 12.5. The number of hydrogen-bond acceptors (Lipinski definition) is 4. The van der Waals surface area contributed by atoms with E-state index in [1.165, 1.54) is 47.1 Å². The van der Waals surface area contributed by atoms with Gasteiger partial charge in [0, 0.05) is 29.4 Å². The number of fused-ring (bicyclic) bond motifs is 1. The Bertz CT molecular complexity index is 1120. The highest BCUT2D eigenvalue weighted by Crippen LogP contribution is 2.36. The first kappa shape index (κ1) is 24.4. The minimum absolute atomic E-state index is 0.0497. The molecule has 1 atom stereocenters. The third kappa shape index (κ3) is 5.02. The average molecular weight is 458 g/mol. The fourth-order valence-electron chi connectivity index (χ4n) is 5.26. The van der Waals surface area contributed by atoms with E-state index in [1.807, 2.05) is 0 Å². The molecular weight excluding hydrogens is 418 g/mol. The molecule has 0 saturated carbocycles. The Balaban J connectivity index is 1.73. The van der Waals surface area contributed by atoms with E-state index < -0.39 is 0 Å². The molecule has 1 aromatic heterocycles. The van der Waals surface area contributed by atoms with Gasteiger partial charge in [0.25, 0.3) is 0 Å². The van der Waals surface area contributed by atoms with Crippen molar-refractivity contribution in [3.63, 3.8) is 0 Å². The number of hydrogen-bond donors (Lipinski definition) is 0. The van der Waals surface area contributed by atoms with Gasteiger partial charge in [-0.15, -0.1) is 0 Å². The van der Waals surface area contributed by atoms with Gasteiger partial charge in [-0.1, -0.05) is 56.3 Å². The highest BCUT2D eigenvalue weighted by Gasteiger charge is 2.26. The van der Waals surface area contributed by atoms with Crippen molar-refractivity contribution >= 4 is 0 Å². The second-order valence-corrected chi connectivity index (χ2v) is 9.76. The Labute approximate surface area is 205 Å². The van der Waals surface area contributed by atoms with Crippen molar-refractivity contribution in [2.45, 2.75) is 85.4 Å². The highest BCUT2D eigenvalue weighted by atomic mass is 16.5. The fraction of sp³-hybridized carbons (Fsp3) is 0.467. The lowest BCUT2D eigenvalue weighted by Crippen LogP contribution is -2.28. The molecule has 0 bridgehead atoms. The first-order valence-electron chi connectivity index (χ1n) is 12.9. The Morgan fingerprint density at radius 2 is 1.71 bits per heavy atom. The molecule has 4 nitrogen and oxygen atoms in total. The molecule has 34 heavy (non-hydrogen) atoms. The number of nitrogens with zero attached hydrogens (tertiary/aromatic N) is 3. The summed E-state index contributed by atoms with van der Waals surface area (Å²) in [5.41, 5.74) is 8.79. The maximum atomic E-state index is 6.32. The lowest BCUT2D eigenvalue weighted by atomic mass is 9.87. The average Bonchev–Trinajstić information content (AvgIpc) is 2.84. The van der Waals surface area contributed by atoms with Crippen molar-refractivity contribution in [3.8, 4) is 17.3 Å². The van der Waals surface area contributed by atoms with Crippen molar-refractivity contribution in [1.29, 1.82) is 0 Å². The Morgan fingerprint density at radius 1 is 1.00 bits per heavy atom. The molecule has 4 rings (SSSR count). The van der Waals surface area contributed by atoms with Gasteiger partial charge in [0.2, 0.25) is 5.88 Å². The summed E-state index contributed by atoms with van der Waals surface area (Å²) in [6.07, 6.45) is 5.54. The van der Waals surface area contributed by atoms with Crippen molar-refractivity contribution in [2.75, 3.05) is 7.05 Å². The first-order chi connectivity index (χ1) is 16.4. The lowest BCUT2D eigenvalue weighted by Gasteiger charge is -2.34. The van der Waals surface area contributed by atoms with Crippen LogP contribution in [0.3, 0.4) is 0 Å². The molecule has 0 spiro atoms. The number of aromatic nitrogens is 2. The maximum absolute atomic E-state index is 6.32. The summed E-state index contributed by atoms with van der Waals surface area (Å²) < 4.78 is 6.32. The second-order valence-electron chi connectivity index (χ2n) is 9.76. The molecule has 0 fully saturated rings. The summed E-state index contributed by atoms with van der Waals surface area (Å²) in [6.45, 7) is 11.4. The molecule has 0 saturated heterocycles. The van der Waals surface area contributed by atoms with E-state index in [1.54, 1.807) is 0 Å². The topological polar surface area (TPSA) is 38.2 Å². The summed E-state index contributed by atoms with van der Waals surface area (Å²) in [6, 6.07) is 15.8. The van der Waals surface area contributed by atoms with Crippen LogP contribution in [0.4, 0.5) is 0 Å². The van der Waals surface area contributed by atoms with Gasteiger partial charge in [-0.3, -0.25) is 4.90 Å². The molecule has 0 aliphatic heterocycles. The van der Waals surface area contributed by atoms with Crippen LogP contribution in [0.1, 0.15) is 80.1 Å². The standard InChI is InChI=1S/C30H39N3O/c1-7-22-14-11-15-23(8-2)28(22)29-31-21(5)26(30(32-29)34-20(3)4)19-33(6)27-18-12-16-24-13-9-10-17-25(24)27/h9-11,13-15,17,20,27H,7-8,12,16,18-19H2,1-6H3. The van der Waals surface area contributed by atoms with E-state index in [0.29, 0.717) is 6.04 Å². The molecule has 1 heterocycles. The van der Waals surface area contributed by atoms with Gasteiger partial charge in [-0.05, 0) is 82.2 Å². The van der Waals surface area contributed by atoms with E-state index in [9.17, 15) is 0 Å². The van der Waals surface area contributed by atoms with Gasteiger partial charge in [0.05, 0.1) is 6.10 Å². The molecule has 3 aromatic rings. The van der Waals surface area contributed by atoms with E-state index in [-0.39, 0.29) is 6.10 Å². The van der Waals surface area contributed by atoms with Crippen LogP contribution in [0.5, 0.6) is 5.88 Å². The second kappa shape index (κ2) is 10.7. The molecule has 1 aliphatic rings. The maximum Gasteiger partial charge on any atom is 0.222 e. The summed E-state index contributed by atoms with van der Waals surface area (Å²) in [5, 5.41) is 0. The van der Waals surface area contributed by atoms with Crippen LogP contribution in [-0.4, -0.2) is 28.0 Å². The zero-order valence-electron chi connectivity index (χ0n) is 21.7. The highest BCUT2D eigenvalue weighted by molar-refractivity contribution is 5.66. The van der Waals surface area contributed by atoms with E-state index in [0.717, 1.165) is 42.3 Å². The molecule has 2 aromatic carbocycles. The molecular formula is C30H39N3O. The number of ether oxygens (including phenoxy) is 1. The van der Waals surface area contributed by atoms with Crippen LogP contribution in [0.2, 0.25) is 0 Å². The fourth-order valence-corrected chi connectivity index (χ4v) is 5.26.